The minimum Gasteiger partial charge on any atom is -0.390 e. The third-order valence-electron chi connectivity index (χ3n) is 3.15. The Hall–Kier alpha value is -1.69. The predicted octanol–water partition coefficient (Wildman–Crippen LogP) is 1.72. The molecule has 2 aromatic heterocycles. The van der Waals surface area contributed by atoms with Gasteiger partial charge in [-0.15, -0.1) is 5.10 Å². The third-order valence-corrected chi connectivity index (χ3v) is 3.15. The molecular weight excluding hydrogens is 244 g/mol. The van der Waals surface area contributed by atoms with Crippen LogP contribution in [-0.2, 0) is 18.6 Å². The van der Waals surface area contributed by atoms with Gasteiger partial charge in [-0.1, -0.05) is 31.1 Å². The van der Waals surface area contributed by atoms with E-state index in [1.807, 2.05) is 18.5 Å². The topological polar surface area (TPSA) is 77.0 Å². The van der Waals surface area contributed by atoms with Crippen molar-refractivity contribution in [2.45, 2.75) is 53.2 Å². The third kappa shape index (κ3) is 2.53. The zero-order valence-corrected chi connectivity index (χ0v) is 12.1. The number of aromatic nitrogens is 4. The number of aryl methyl sites for hydroxylation is 2. The highest BCUT2D eigenvalue weighted by molar-refractivity contribution is 5.24. The molecule has 0 aliphatic rings. The van der Waals surface area contributed by atoms with Crippen molar-refractivity contribution in [1.82, 2.24) is 20.2 Å². The van der Waals surface area contributed by atoms with Gasteiger partial charge in [-0.3, -0.25) is 0 Å². The van der Waals surface area contributed by atoms with Crippen LogP contribution in [0, 0.1) is 13.8 Å². The fourth-order valence-electron chi connectivity index (χ4n) is 2.26. The molecule has 19 heavy (non-hydrogen) atoms. The van der Waals surface area contributed by atoms with E-state index < -0.39 is 0 Å². The molecule has 104 valence electrons. The van der Waals surface area contributed by atoms with Gasteiger partial charge in [-0.25, -0.2) is 4.68 Å². The zero-order chi connectivity index (χ0) is 14.2. The molecule has 0 radical (unpaired) electrons. The van der Waals surface area contributed by atoms with Crippen LogP contribution in [0.4, 0.5) is 0 Å². The monoisotopic (exact) mass is 264 g/mol. The molecule has 0 amide bonds. The highest BCUT2D eigenvalue weighted by Crippen LogP contribution is 2.26. The molecule has 0 aliphatic carbocycles. The van der Waals surface area contributed by atoms with Crippen molar-refractivity contribution >= 4 is 0 Å². The van der Waals surface area contributed by atoms with Gasteiger partial charge >= 0.3 is 0 Å². The van der Waals surface area contributed by atoms with E-state index in [1.165, 1.54) is 0 Å². The Balaban J connectivity index is 2.44. The van der Waals surface area contributed by atoms with Gasteiger partial charge in [0.25, 0.3) is 0 Å². The van der Waals surface area contributed by atoms with Crippen molar-refractivity contribution in [1.29, 1.82) is 0 Å². The minimum atomic E-state index is -0.138. The summed E-state index contributed by atoms with van der Waals surface area (Å²) in [6.45, 7) is 10.5. The molecule has 0 saturated carbocycles. The molecule has 0 unspecified atom stereocenters. The van der Waals surface area contributed by atoms with E-state index in [2.05, 4.69) is 36.2 Å². The second-order valence-corrected chi connectivity index (χ2v) is 5.75. The number of aliphatic hydroxyl groups excluding tert-OH is 1. The number of hydrogen-bond acceptors (Lipinski definition) is 5. The second-order valence-electron chi connectivity index (χ2n) is 5.75. The number of nitrogens with zero attached hydrogens (tertiary/aromatic N) is 4. The van der Waals surface area contributed by atoms with Gasteiger partial charge in [-0.05, 0) is 13.8 Å². The van der Waals surface area contributed by atoms with Gasteiger partial charge in [-0.2, -0.15) is 0 Å². The lowest BCUT2D eigenvalue weighted by atomic mass is 9.90. The van der Waals surface area contributed by atoms with Crippen molar-refractivity contribution in [2.24, 2.45) is 0 Å². The van der Waals surface area contributed by atoms with Crippen LogP contribution in [0.5, 0.6) is 0 Å². The first-order valence-electron chi connectivity index (χ1n) is 6.30. The van der Waals surface area contributed by atoms with Crippen LogP contribution in [0.3, 0.4) is 0 Å². The summed E-state index contributed by atoms with van der Waals surface area (Å²) in [6.07, 6.45) is 0. The average Bonchev–Trinajstić information content (AvgIpc) is 2.87. The van der Waals surface area contributed by atoms with Crippen molar-refractivity contribution in [3.8, 4) is 0 Å². The van der Waals surface area contributed by atoms with Crippen molar-refractivity contribution < 1.29 is 9.63 Å². The molecule has 6 heteroatoms. The summed E-state index contributed by atoms with van der Waals surface area (Å²) < 4.78 is 6.98. The Morgan fingerprint density at radius 2 is 1.95 bits per heavy atom. The molecule has 0 atom stereocenters. The lowest BCUT2D eigenvalue weighted by Gasteiger charge is -2.20. The van der Waals surface area contributed by atoms with Crippen molar-refractivity contribution in [3.63, 3.8) is 0 Å². The molecule has 2 heterocycles. The lowest BCUT2D eigenvalue weighted by molar-refractivity contribution is 0.273. The van der Waals surface area contributed by atoms with Crippen LogP contribution in [0.1, 0.15) is 49.2 Å². The Morgan fingerprint density at radius 1 is 1.26 bits per heavy atom. The molecule has 0 spiro atoms. The first-order valence-corrected chi connectivity index (χ1v) is 6.30. The summed E-state index contributed by atoms with van der Waals surface area (Å²) in [4.78, 5) is 0. The number of rotatable bonds is 3. The van der Waals surface area contributed by atoms with Crippen LogP contribution in [0.15, 0.2) is 4.52 Å². The summed E-state index contributed by atoms with van der Waals surface area (Å²) in [7, 11) is 0. The lowest BCUT2D eigenvalue weighted by Crippen LogP contribution is -2.21. The quantitative estimate of drug-likeness (QED) is 0.913. The first kappa shape index (κ1) is 13.7. The minimum absolute atomic E-state index is 0.103. The molecule has 6 nitrogen and oxygen atoms in total. The summed E-state index contributed by atoms with van der Waals surface area (Å²) >= 11 is 0. The summed E-state index contributed by atoms with van der Waals surface area (Å²) in [5.41, 5.74) is 3.30. The van der Waals surface area contributed by atoms with Crippen molar-refractivity contribution in [3.05, 3.63) is 28.4 Å². The Bertz CT molecular complexity index is 558. The highest BCUT2D eigenvalue weighted by atomic mass is 16.5. The summed E-state index contributed by atoms with van der Waals surface area (Å²) in [6, 6.07) is 0. The highest BCUT2D eigenvalue weighted by Gasteiger charge is 2.25. The van der Waals surface area contributed by atoms with Crippen molar-refractivity contribution in [2.75, 3.05) is 0 Å². The molecule has 0 aromatic carbocycles. The van der Waals surface area contributed by atoms with E-state index in [0.29, 0.717) is 12.2 Å². The molecule has 1 N–H and O–H groups in total. The maximum Gasteiger partial charge on any atom is 0.138 e. The Morgan fingerprint density at radius 3 is 2.42 bits per heavy atom. The van der Waals surface area contributed by atoms with Crippen LogP contribution >= 0.6 is 0 Å². The van der Waals surface area contributed by atoms with Gasteiger partial charge in [0.05, 0.1) is 24.5 Å². The standard InChI is InChI=1S/C13H20N4O2/c1-8-10(9(2)19-15-8)6-17-12(13(3,4)5)11(7-18)14-16-17/h18H,6-7H2,1-5H3. The molecule has 0 fully saturated rings. The van der Waals surface area contributed by atoms with E-state index in [1.54, 1.807) is 0 Å². The smallest absolute Gasteiger partial charge is 0.138 e. The zero-order valence-electron chi connectivity index (χ0n) is 12.1. The molecule has 0 saturated heterocycles. The summed E-state index contributed by atoms with van der Waals surface area (Å²) in [5.74, 6) is 0.790. The Labute approximate surface area is 112 Å². The number of aliphatic hydroxyl groups is 1. The van der Waals surface area contributed by atoms with Crippen LogP contribution < -0.4 is 0 Å². The van der Waals surface area contributed by atoms with Gasteiger partial charge in [0.15, 0.2) is 0 Å². The van der Waals surface area contributed by atoms with Gasteiger partial charge in [0.2, 0.25) is 0 Å². The van der Waals surface area contributed by atoms with E-state index in [9.17, 15) is 5.11 Å². The fourth-order valence-corrected chi connectivity index (χ4v) is 2.26. The maximum absolute atomic E-state index is 9.38. The van der Waals surface area contributed by atoms with E-state index in [4.69, 9.17) is 4.52 Å². The maximum atomic E-state index is 9.38. The first-order chi connectivity index (χ1) is 8.84. The molecule has 0 bridgehead atoms. The number of hydrogen-bond donors (Lipinski definition) is 1. The van der Waals surface area contributed by atoms with Crippen LogP contribution in [0.25, 0.3) is 0 Å². The predicted molar refractivity (Wildman–Crippen MR) is 69.7 cm³/mol. The average molecular weight is 264 g/mol. The van der Waals surface area contributed by atoms with E-state index >= 15 is 0 Å². The van der Waals surface area contributed by atoms with E-state index in [-0.39, 0.29) is 12.0 Å². The molecule has 2 aromatic rings. The van der Waals surface area contributed by atoms with Gasteiger partial charge in [0.1, 0.15) is 11.5 Å². The molecule has 0 aliphatic heterocycles. The molecule has 2 rings (SSSR count). The SMILES string of the molecule is Cc1noc(C)c1Cn1nnc(CO)c1C(C)(C)C. The normalized spacial score (nSPS) is 12.1. The van der Waals surface area contributed by atoms with Crippen LogP contribution in [-0.4, -0.2) is 25.3 Å². The van der Waals surface area contributed by atoms with E-state index in [0.717, 1.165) is 22.7 Å². The summed E-state index contributed by atoms with van der Waals surface area (Å²) in [5, 5.41) is 21.5. The Kier molecular flexibility index (Phi) is 3.45. The molecular formula is C13H20N4O2. The van der Waals surface area contributed by atoms with Gasteiger partial charge in [0, 0.05) is 11.0 Å². The fraction of sp³-hybridized carbons (Fsp3) is 0.615. The van der Waals surface area contributed by atoms with Crippen LogP contribution in [0.2, 0.25) is 0 Å². The largest absolute Gasteiger partial charge is 0.390 e. The second kappa shape index (κ2) is 4.77. The van der Waals surface area contributed by atoms with Gasteiger partial charge < -0.3 is 9.63 Å².